The van der Waals surface area contributed by atoms with E-state index >= 15 is 0 Å². The Morgan fingerprint density at radius 2 is 1.74 bits per heavy atom. The van der Waals surface area contributed by atoms with Gasteiger partial charge >= 0.3 is 0 Å². The first-order valence-corrected chi connectivity index (χ1v) is 11.0. The van der Waals surface area contributed by atoms with Crippen LogP contribution in [0.1, 0.15) is 30.3 Å². The molecule has 1 aromatic heterocycles. The molecule has 34 heavy (non-hydrogen) atoms. The third kappa shape index (κ3) is 4.98. The highest BCUT2D eigenvalue weighted by Gasteiger charge is 2.20. The fourth-order valence-corrected chi connectivity index (χ4v) is 4.14. The number of piperidine rings is 1. The van der Waals surface area contributed by atoms with E-state index in [2.05, 4.69) is 15.5 Å². The number of fused-ring (bicyclic) bond motifs is 1. The molecule has 3 aromatic rings. The average Bonchev–Trinajstić information content (AvgIpc) is 2.83. The second-order valence-electron chi connectivity index (χ2n) is 8.14. The highest BCUT2D eigenvalue weighted by Crippen LogP contribution is 2.29. The van der Waals surface area contributed by atoms with Crippen molar-refractivity contribution in [3.05, 3.63) is 58.4 Å². The van der Waals surface area contributed by atoms with Gasteiger partial charge in [0.15, 0.2) is 11.2 Å². The van der Waals surface area contributed by atoms with Crippen LogP contribution < -0.4 is 30.4 Å². The van der Waals surface area contributed by atoms with Crippen molar-refractivity contribution < 1.29 is 23.5 Å². The molecule has 2 N–H and O–H groups in total. The number of anilines is 2. The molecule has 2 heterocycles. The van der Waals surface area contributed by atoms with Crippen molar-refractivity contribution in [1.82, 2.24) is 5.32 Å². The molecule has 2 amide bonds. The topological polar surface area (TPSA) is 110 Å². The molecule has 9 heteroatoms. The van der Waals surface area contributed by atoms with Gasteiger partial charge in [-0.25, -0.2) is 0 Å². The fourth-order valence-electron chi connectivity index (χ4n) is 4.14. The number of hydrogen-bond donors (Lipinski definition) is 2. The van der Waals surface area contributed by atoms with E-state index < -0.39 is 5.91 Å². The number of nitrogens with zero attached hydrogens (tertiary/aromatic N) is 1. The van der Waals surface area contributed by atoms with E-state index in [1.165, 1.54) is 21.1 Å². The van der Waals surface area contributed by atoms with Gasteiger partial charge in [0.1, 0.15) is 22.5 Å². The zero-order valence-electron chi connectivity index (χ0n) is 19.3. The Morgan fingerprint density at radius 1 is 1.03 bits per heavy atom. The van der Waals surface area contributed by atoms with Crippen molar-refractivity contribution >= 4 is 34.2 Å². The molecule has 9 nitrogen and oxygen atoms in total. The first-order chi connectivity index (χ1) is 16.4. The first-order valence-electron chi connectivity index (χ1n) is 11.0. The molecule has 0 spiro atoms. The van der Waals surface area contributed by atoms with Gasteiger partial charge in [-0.1, -0.05) is 0 Å². The Balaban J connectivity index is 1.47. The lowest BCUT2D eigenvalue weighted by Crippen LogP contribution is -2.44. The van der Waals surface area contributed by atoms with Crippen LogP contribution in [0, 0.1) is 0 Å². The summed E-state index contributed by atoms with van der Waals surface area (Å²) in [6.07, 6.45) is 1.77. The minimum absolute atomic E-state index is 0.000863. The molecule has 1 fully saturated rings. The van der Waals surface area contributed by atoms with Gasteiger partial charge in [0.05, 0.1) is 14.2 Å². The maximum Gasteiger partial charge on any atom is 0.291 e. The molecule has 2 aromatic carbocycles. The van der Waals surface area contributed by atoms with E-state index in [-0.39, 0.29) is 34.1 Å². The zero-order chi connectivity index (χ0) is 24.2. The van der Waals surface area contributed by atoms with E-state index in [1.807, 2.05) is 12.1 Å². The predicted molar refractivity (Wildman–Crippen MR) is 129 cm³/mol. The van der Waals surface area contributed by atoms with E-state index in [1.54, 1.807) is 24.3 Å². The van der Waals surface area contributed by atoms with Crippen LogP contribution >= 0.6 is 0 Å². The Bertz CT molecular complexity index is 1260. The Hall–Kier alpha value is -4.01. The van der Waals surface area contributed by atoms with E-state index in [0.717, 1.165) is 37.7 Å². The van der Waals surface area contributed by atoms with Gasteiger partial charge in [-0.15, -0.1) is 0 Å². The van der Waals surface area contributed by atoms with Crippen molar-refractivity contribution in [2.75, 3.05) is 37.5 Å². The van der Waals surface area contributed by atoms with Crippen LogP contribution in [-0.4, -0.2) is 45.2 Å². The zero-order valence-corrected chi connectivity index (χ0v) is 19.3. The molecule has 1 saturated heterocycles. The lowest BCUT2D eigenvalue weighted by molar-refractivity contribution is -0.119. The minimum atomic E-state index is -0.537. The summed E-state index contributed by atoms with van der Waals surface area (Å²) in [6.45, 7) is 3.22. The van der Waals surface area contributed by atoms with Crippen molar-refractivity contribution in [2.24, 2.45) is 0 Å². The molecule has 4 rings (SSSR count). The van der Waals surface area contributed by atoms with Crippen molar-refractivity contribution in [3.63, 3.8) is 0 Å². The molecule has 0 saturated carbocycles. The summed E-state index contributed by atoms with van der Waals surface area (Å²) >= 11 is 0. The van der Waals surface area contributed by atoms with E-state index in [9.17, 15) is 14.4 Å². The Morgan fingerprint density at radius 3 is 2.35 bits per heavy atom. The third-order valence-corrected chi connectivity index (χ3v) is 5.84. The first kappa shape index (κ1) is 23.2. The van der Waals surface area contributed by atoms with Crippen LogP contribution in [0.4, 0.5) is 11.4 Å². The summed E-state index contributed by atoms with van der Waals surface area (Å²) in [4.78, 5) is 38.9. The normalized spacial score (nSPS) is 14.0. The number of rotatable bonds is 6. The summed E-state index contributed by atoms with van der Waals surface area (Å²) in [5, 5.41) is 5.98. The lowest BCUT2D eigenvalue weighted by Gasteiger charge is -2.33. The van der Waals surface area contributed by atoms with Crippen LogP contribution in [0.15, 0.2) is 51.7 Å². The van der Waals surface area contributed by atoms with Gasteiger partial charge in [-0.3, -0.25) is 14.4 Å². The van der Waals surface area contributed by atoms with Crippen LogP contribution in [-0.2, 0) is 4.79 Å². The summed E-state index contributed by atoms with van der Waals surface area (Å²) in [7, 11) is 2.94. The van der Waals surface area contributed by atoms with Gasteiger partial charge in [-0.2, -0.15) is 0 Å². The second-order valence-corrected chi connectivity index (χ2v) is 8.14. The van der Waals surface area contributed by atoms with Crippen LogP contribution in [0.25, 0.3) is 11.0 Å². The van der Waals surface area contributed by atoms with Crippen LogP contribution in [0.5, 0.6) is 11.5 Å². The standard InChI is InChI=1S/C25H27N3O6/c1-15(29)26-17-8-10-28(11-9-17)18-6-4-16(5-7-18)27-25(31)23-14-20(30)24-21(33-3)12-19(32-2)13-22(24)34-23/h4-7,12-14,17H,8-11H2,1-3H3,(H,26,29)(H,27,31). The minimum Gasteiger partial charge on any atom is -0.496 e. The Labute approximate surface area is 196 Å². The number of nitrogens with one attached hydrogen (secondary N) is 2. The SMILES string of the molecule is COc1cc(OC)c2c(=O)cc(C(=O)Nc3ccc(N4CCC(NC(C)=O)CC4)cc3)oc2c1. The van der Waals surface area contributed by atoms with Crippen LogP contribution in [0.2, 0.25) is 0 Å². The van der Waals surface area contributed by atoms with Crippen molar-refractivity contribution in [1.29, 1.82) is 0 Å². The number of benzene rings is 2. The summed E-state index contributed by atoms with van der Waals surface area (Å²) in [5.74, 6) is 0.106. The molecule has 0 unspecified atom stereocenters. The maximum atomic E-state index is 12.8. The highest BCUT2D eigenvalue weighted by atomic mass is 16.5. The predicted octanol–water partition coefficient (Wildman–Crippen LogP) is 3.17. The molecule has 1 aliphatic heterocycles. The second kappa shape index (κ2) is 9.86. The molecular weight excluding hydrogens is 438 g/mol. The molecule has 178 valence electrons. The number of carbonyl (C=O) groups excluding carboxylic acids is 2. The van der Waals surface area contributed by atoms with Gasteiger partial charge in [0, 0.05) is 55.6 Å². The lowest BCUT2D eigenvalue weighted by atomic mass is 10.0. The Kier molecular flexibility index (Phi) is 6.72. The van der Waals surface area contributed by atoms with Crippen LogP contribution in [0.3, 0.4) is 0 Å². The number of amides is 2. The van der Waals surface area contributed by atoms with Gasteiger partial charge < -0.3 is 29.4 Å². The van der Waals surface area contributed by atoms with Gasteiger partial charge in [-0.05, 0) is 37.1 Å². The molecule has 0 radical (unpaired) electrons. The van der Waals surface area contributed by atoms with Gasteiger partial charge in [0.2, 0.25) is 5.91 Å². The van der Waals surface area contributed by atoms with E-state index in [4.69, 9.17) is 13.9 Å². The molecular formula is C25H27N3O6. The monoisotopic (exact) mass is 465 g/mol. The van der Waals surface area contributed by atoms with Crippen molar-refractivity contribution in [3.8, 4) is 11.5 Å². The average molecular weight is 466 g/mol. The van der Waals surface area contributed by atoms with Crippen molar-refractivity contribution in [2.45, 2.75) is 25.8 Å². The molecule has 0 aliphatic carbocycles. The number of hydrogen-bond acceptors (Lipinski definition) is 7. The number of carbonyl (C=O) groups is 2. The molecule has 0 bridgehead atoms. The summed E-state index contributed by atoms with van der Waals surface area (Å²) in [5.41, 5.74) is 1.43. The number of methoxy groups -OCH3 is 2. The smallest absolute Gasteiger partial charge is 0.291 e. The van der Waals surface area contributed by atoms with E-state index in [0.29, 0.717) is 17.2 Å². The third-order valence-electron chi connectivity index (χ3n) is 5.84. The summed E-state index contributed by atoms with van der Waals surface area (Å²) in [6, 6.07) is 12.0. The number of ether oxygens (including phenoxy) is 2. The molecule has 0 atom stereocenters. The fraction of sp³-hybridized carbons (Fsp3) is 0.320. The van der Waals surface area contributed by atoms with Gasteiger partial charge in [0.25, 0.3) is 5.91 Å². The molecule has 1 aliphatic rings. The summed E-state index contributed by atoms with van der Waals surface area (Å²) < 4.78 is 16.2. The quantitative estimate of drug-likeness (QED) is 0.575. The highest BCUT2D eigenvalue weighted by molar-refractivity contribution is 6.03. The maximum absolute atomic E-state index is 12.8. The largest absolute Gasteiger partial charge is 0.496 e.